The normalized spacial score (nSPS) is 16.8. The SMILES string of the molecule is Cc1nc(N2CCN(c3ccccn3)CC2)c2c(C)c(C(=O)N3CCN(Cc4ccccc4)CC3)sc2n1. The Hall–Kier alpha value is -3.56. The molecule has 2 saturated heterocycles. The Labute approximate surface area is 227 Å². The fraction of sp³-hybridized carbons (Fsp3) is 0.379. The maximum Gasteiger partial charge on any atom is 0.264 e. The Morgan fingerprint density at radius 3 is 2.26 bits per heavy atom. The quantitative estimate of drug-likeness (QED) is 0.389. The molecule has 196 valence electrons. The van der Waals surface area contributed by atoms with Gasteiger partial charge in [-0.25, -0.2) is 15.0 Å². The van der Waals surface area contributed by atoms with E-state index in [1.54, 1.807) is 0 Å². The molecule has 8 nitrogen and oxygen atoms in total. The second-order valence-corrected chi connectivity index (χ2v) is 11.0. The Balaban J connectivity index is 1.18. The first kappa shape index (κ1) is 24.8. The zero-order valence-corrected chi connectivity index (χ0v) is 22.8. The molecule has 0 radical (unpaired) electrons. The van der Waals surface area contributed by atoms with Gasteiger partial charge in [0.05, 0.1) is 10.3 Å². The topological polar surface area (TPSA) is 68.7 Å². The van der Waals surface area contributed by atoms with Gasteiger partial charge in [-0.1, -0.05) is 36.4 Å². The minimum Gasteiger partial charge on any atom is -0.353 e. The van der Waals surface area contributed by atoms with Crippen LogP contribution in [0.3, 0.4) is 0 Å². The molecule has 0 atom stereocenters. The maximum absolute atomic E-state index is 13.7. The number of hydrogen-bond donors (Lipinski definition) is 0. The van der Waals surface area contributed by atoms with Gasteiger partial charge in [0.1, 0.15) is 22.3 Å². The molecular weight excluding hydrogens is 494 g/mol. The fourth-order valence-corrected chi connectivity index (χ4v) is 6.63. The lowest BCUT2D eigenvalue weighted by molar-refractivity contribution is 0.0632. The van der Waals surface area contributed by atoms with E-state index in [4.69, 9.17) is 9.97 Å². The van der Waals surface area contributed by atoms with Crippen LogP contribution in [-0.2, 0) is 6.54 Å². The molecule has 0 spiro atoms. The van der Waals surface area contributed by atoms with E-state index in [2.05, 4.69) is 56.9 Å². The van der Waals surface area contributed by atoms with Gasteiger partial charge in [0, 0.05) is 65.1 Å². The predicted molar refractivity (Wildman–Crippen MR) is 153 cm³/mol. The van der Waals surface area contributed by atoms with Crippen LogP contribution >= 0.6 is 11.3 Å². The molecule has 0 bridgehead atoms. The number of nitrogens with zero attached hydrogens (tertiary/aromatic N) is 7. The van der Waals surface area contributed by atoms with Gasteiger partial charge in [-0.15, -0.1) is 11.3 Å². The van der Waals surface area contributed by atoms with Crippen molar-refractivity contribution >= 4 is 39.1 Å². The predicted octanol–water partition coefficient (Wildman–Crippen LogP) is 3.99. The summed E-state index contributed by atoms with van der Waals surface area (Å²) in [6, 6.07) is 16.6. The van der Waals surface area contributed by atoms with Crippen molar-refractivity contribution in [2.45, 2.75) is 20.4 Å². The number of amides is 1. The highest BCUT2D eigenvalue weighted by atomic mass is 32.1. The molecule has 1 aromatic carbocycles. The van der Waals surface area contributed by atoms with Crippen LogP contribution in [-0.4, -0.2) is 83.0 Å². The number of benzene rings is 1. The van der Waals surface area contributed by atoms with Crippen LogP contribution in [0.2, 0.25) is 0 Å². The molecule has 3 aromatic heterocycles. The molecule has 2 aliphatic heterocycles. The van der Waals surface area contributed by atoms with Crippen molar-refractivity contribution in [3.63, 3.8) is 0 Å². The van der Waals surface area contributed by atoms with E-state index in [0.29, 0.717) is 0 Å². The van der Waals surface area contributed by atoms with E-state index in [9.17, 15) is 4.79 Å². The second-order valence-electron chi connectivity index (χ2n) is 10.0. The number of anilines is 2. The third kappa shape index (κ3) is 4.96. The summed E-state index contributed by atoms with van der Waals surface area (Å²) in [6.07, 6.45) is 1.84. The summed E-state index contributed by atoms with van der Waals surface area (Å²) in [5.41, 5.74) is 2.32. The van der Waals surface area contributed by atoms with Crippen molar-refractivity contribution in [1.82, 2.24) is 24.8 Å². The van der Waals surface area contributed by atoms with Gasteiger partial charge in [-0.05, 0) is 37.1 Å². The van der Waals surface area contributed by atoms with Crippen LogP contribution in [0.25, 0.3) is 10.2 Å². The van der Waals surface area contributed by atoms with Crippen molar-refractivity contribution in [2.24, 2.45) is 0 Å². The number of aryl methyl sites for hydroxylation is 2. The Morgan fingerprint density at radius 2 is 1.55 bits per heavy atom. The number of hydrogen-bond acceptors (Lipinski definition) is 8. The molecule has 9 heteroatoms. The van der Waals surface area contributed by atoms with Crippen molar-refractivity contribution in [3.05, 3.63) is 76.6 Å². The molecule has 0 saturated carbocycles. The van der Waals surface area contributed by atoms with E-state index in [1.807, 2.05) is 36.2 Å². The number of pyridine rings is 1. The van der Waals surface area contributed by atoms with Gasteiger partial charge in [-0.2, -0.15) is 0 Å². The highest BCUT2D eigenvalue weighted by molar-refractivity contribution is 7.20. The van der Waals surface area contributed by atoms with E-state index in [-0.39, 0.29) is 5.91 Å². The van der Waals surface area contributed by atoms with Crippen LogP contribution in [0.4, 0.5) is 11.6 Å². The molecule has 2 aliphatic rings. The van der Waals surface area contributed by atoms with Crippen LogP contribution in [0.1, 0.15) is 26.6 Å². The summed E-state index contributed by atoms with van der Waals surface area (Å²) in [5.74, 6) is 2.83. The van der Waals surface area contributed by atoms with Gasteiger partial charge < -0.3 is 14.7 Å². The number of fused-ring (bicyclic) bond motifs is 1. The summed E-state index contributed by atoms with van der Waals surface area (Å²) >= 11 is 1.52. The van der Waals surface area contributed by atoms with Crippen LogP contribution in [0.5, 0.6) is 0 Å². The average molecular weight is 528 g/mol. The van der Waals surface area contributed by atoms with Crippen molar-refractivity contribution in [3.8, 4) is 0 Å². The Morgan fingerprint density at radius 1 is 0.842 bits per heavy atom. The largest absolute Gasteiger partial charge is 0.353 e. The van der Waals surface area contributed by atoms with Gasteiger partial charge in [0.15, 0.2) is 0 Å². The zero-order chi connectivity index (χ0) is 26.1. The fourth-order valence-electron chi connectivity index (χ4n) is 5.44. The Bertz CT molecular complexity index is 1410. The lowest BCUT2D eigenvalue weighted by atomic mass is 10.1. The number of aromatic nitrogens is 3. The molecule has 2 fully saturated rings. The lowest BCUT2D eigenvalue weighted by Gasteiger charge is -2.36. The van der Waals surface area contributed by atoms with E-state index < -0.39 is 0 Å². The molecule has 38 heavy (non-hydrogen) atoms. The number of piperazine rings is 2. The minimum atomic E-state index is 0.119. The van der Waals surface area contributed by atoms with Crippen molar-refractivity contribution < 1.29 is 4.79 Å². The summed E-state index contributed by atoms with van der Waals surface area (Å²) in [4.78, 5) is 38.6. The first-order valence-electron chi connectivity index (χ1n) is 13.3. The number of rotatable bonds is 5. The van der Waals surface area contributed by atoms with Crippen LogP contribution in [0.15, 0.2) is 54.7 Å². The number of carbonyl (C=O) groups excluding carboxylic acids is 1. The molecule has 4 aromatic rings. The van der Waals surface area contributed by atoms with E-state index in [1.165, 1.54) is 16.9 Å². The molecule has 6 rings (SSSR count). The number of carbonyl (C=O) groups is 1. The van der Waals surface area contributed by atoms with Crippen LogP contribution in [0, 0.1) is 13.8 Å². The Kier molecular flexibility index (Phi) is 6.95. The summed E-state index contributed by atoms with van der Waals surface area (Å²) in [5, 5.41) is 1.03. The third-order valence-corrected chi connectivity index (χ3v) is 8.71. The molecular formula is C29H33N7OS. The van der Waals surface area contributed by atoms with Crippen molar-refractivity contribution in [2.75, 3.05) is 62.2 Å². The van der Waals surface area contributed by atoms with Crippen LogP contribution < -0.4 is 9.80 Å². The summed E-state index contributed by atoms with van der Waals surface area (Å²) in [7, 11) is 0. The second kappa shape index (κ2) is 10.7. The highest BCUT2D eigenvalue weighted by Gasteiger charge is 2.29. The summed E-state index contributed by atoms with van der Waals surface area (Å²) < 4.78 is 0. The zero-order valence-electron chi connectivity index (χ0n) is 22.0. The number of thiophene rings is 1. The van der Waals surface area contributed by atoms with E-state index >= 15 is 0 Å². The first-order chi connectivity index (χ1) is 18.6. The first-order valence-corrected chi connectivity index (χ1v) is 14.1. The minimum absolute atomic E-state index is 0.119. The molecule has 0 N–H and O–H groups in total. The highest BCUT2D eigenvalue weighted by Crippen LogP contribution is 2.36. The van der Waals surface area contributed by atoms with Gasteiger partial charge in [0.25, 0.3) is 5.91 Å². The molecule has 1 amide bonds. The monoisotopic (exact) mass is 527 g/mol. The summed E-state index contributed by atoms with van der Waals surface area (Å²) in [6.45, 7) is 11.6. The third-order valence-electron chi connectivity index (χ3n) is 7.54. The van der Waals surface area contributed by atoms with Gasteiger partial charge in [0.2, 0.25) is 0 Å². The molecule has 0 unspecified atom stereocenters. The van der Waals surface area contributed by atoms with Gasteiger partial charge >= 0.3 is 0 Å². The molecule has 5 heterocycles. The van der Waals surface area contributed by atoms with Gasteiger partial charge in [-0.3, -0.25) is 9.69 Å². The maximum atomic E-state index is 13.7. The average Bonchev–Trinajstić information content (AvgIpc) is 3.29. The van der Waals surface area contributed by atoms with Crippen molar-refractivity contribution in [1.29, 1.82) is 0 Å². The standard InChI is InChI=1S/C29H33N7OS/c1-21-25-27(35-18-16-34(17-19-35)24-10-6-7-11-30-24)31-22(2)32-28(25)38-26(21)29(37)36-14-12-33(13-15-36)20-23-8-4-3-5-9-23/h3-11H,12-20H2,1-2H3. The van der Waals surface area contributed by atoms with E-state index in [0.717, 1.165) is 97.0 Å². The lowest BCUT2D eigenvalue weighted by Crippen LogP contribution is -2.48. The smallest absolute Gasteiger partial charge is 0.264 e. The molecule has 0 aliphatic carbocycles.